The molecule has 6 nitrogen and oxygen atoms in total. The van der Waals surface area contributed by atoms with Crippen LogP contribution in [0.1, 0.15) is 25.7 Å². The lowest BCUT2D eigenvalue weighted by Gasteiger charge is -2.10. The number of hydrogen-bond acceptors (Lipinski definition) is 5. The van der Waals surface area contributed by atoms with Crippen LogP contribution in [0.25, 0.3) is 0 Å². The molecule has 18 heavy (non-hydrogen) atoms. The average Bonchev–Trinajstić information content (AvgIpc) is 2.28. The minimum absolute atomic E-state index is 0.0981. The number of esters is 1. The third-order valence-electron chi connectivity index (χ3n) is 2.20. The number of nitrogens with zero attached hydrogens (tertiary/aromatic N) is 1. The van der Waals surface area contributed by atoms with Crippen LogP contribution in [-0.4, -0.2) is 62.4 Å². The van der Waals surface area contributed by atoms with Crippen LogP contribution in [0.15, 0.2) is 0 Å². The van der Waals surface area contributed by atoms with Crippen molar-refractivity contribution < 1.29 is 24.2 Å². The second-order valence-electron chi connectivity index (χ2n) is 4.24. The number of carbonyl (C=O) groups excluding carboxylic acids is 1. The summed E-state index contributed by atoms with van der Waals surface area (Å²) >= 11 is 0. The van der Waals surface area contributed by atoms with Gasteiger partial charge in [0.05, 0.1) is 13.2 Å². The largest absolute Gasteiger partial charge is 0.481 e. The van der Waals surface area contributed by atoms with Crippen molar-refractivity contribution in [2.24, 2.45) is 0 Å². The summed E-state index contributed by atoms with van der Waals surface area (Å²) in [6.45, 7) is 2.10. The molecule has 0 bridgehead atoms. The highest BCUT2D eigenvalue weighted by Crippen LogP contribution is 2.01. The molecule has 6 heteroatoms. The summed E-state index contributed by atoms with van der Waals surface area (Å²) in [4.78, 5) is 23.4. The number of hydrogen-bond donors (Lipinski definition) is 1. The van der Waals surface area contributed by atoms with Gasteiger partial charge >= 0.3 is 11.9 Å². The van der Waals surface area contributed by atoms with Crippen molar-refractivity contribution in [2.75, 3.05) is 40.5 Å². The smallest absolute Gasteiger partial charge is 0.305 e. The Hall–Kier alpha value is -1.14. The van der Waals surface area contributed by atoms with Crippen molar-refractivity contribution in [2.45, 2.75) is 25.7 Å². The molecule has 0 aliphatic rings. The Morgan fingerprint density at radius 1 is 1.06 bits per heavy atom. The van der Waals surface area contributed by atoms with Gasteiger partial charge in [0.2, 0.25) is 0 Å². The number of carbonyl (C=O) groups is 2. The fourth-order valence-electron chi connectivity index (χ4n) is 1.18. The Morgan fingerprint density at radius 3 is 2.33 bits per heavy atom. The molecular weight excluding hydrogens is 238 g/mol. The number of unbranched alkanes of at least 4 members (excludes halogenated alkanes) is 1. The summed E-state index contributed by atoms with van der Waals surface area (Å²) in [5.41, 5.74) is 0. The van der Waals surface area contributed by atoms with E-state index in [0.29, 0.717) is 26.1 Å². The molecule has 0 saturated carbocycles. The van der Waals surface area contributed by atoms with E-state index < -0.39 is 5.97 Å². The van der Waals surface area contributed by atoms with Gasteiger partial charge in [-0.2, -0.15) is 0 Å². The first-order chi connectivity index (χ1) is 8.52. The third-order valence-corrected chi connectivity index (χ3v) is 2.20. The fourth-order valence-corrected chi connectivity index (χ4v) is 1.18. The number of ether oxygens (including phenoxy) is 2. The van der Waals surface area contributed by atoms with E-state index in [1.54, 1.807) is 0 Å². The maximum absolute atomic E-state index is 11.2. The Labute approximate surface area is 108 Å². The van der Waals surface area contributed by atoms with Gasteiger partial charge in [-0.25, -0.2) is 0 Å². The minimum Gasteiger partial charge on any atom is -0.481 e. The Balaban J connectivity index is 3.24. The number of carboxylic acid groups (broad SMARTS) is 1. The van der Waals surface area contributed by atoms with Gasteiger partial charge in [0.1, 0.15) is 6.61 Å². The maximum atomic E-state index is 11.2. The zero-order valence-electron chi connectivity index (χ0n) is 11.2. The quantitative estimate of drug-likeness (QED) is 0.437. The molecule has 106 valence electrons. The van der Waals surface area contributed by atoms with Crippen LogP contribution >= 0.6 is 0 Å². The molecule has 0 heterocycles. The minimum atomic E-state index is -0.836. The van der Waals surface area contributed by atoms with Crippen LogP contribution in [0.5, 0.6) is 0 Å². The Morgan fingerprint density at radius 2 is 1.72 bits per heavy atom. The molecule has 0 aliphatic carbocycles. The van der Waals surface area contributed by atoms with E-state index in [4.69, 9.17) is 14.6 Å². The SMILES string of the molecule is CN(C)CCOCCOC(=O)CCCCC(=O)O. The Kier molecular flexibility index (Phi) is 10.3. The second kappa shape index (κ2) is 11.0. The zero-order chi connectivity index (χ0) is 13.8. The molecule has 1 N–H and O–H groups in total. The lowest BCUT2D eigenvalue weighted by Crippen LogP contribution is -2.19. The van der Waals surface area contributed by atoms with Crippen molar-refractivity contribution in [3.63, 3.8) is 0 Å². The van der Waals surface area contributed by atoms with Crippen molar-refractivity contribution in [3.05, 3.63) is 0 Å². The highest BCUT2D eigenvalue weighted by molar-refractivity contribution is 5.69. The first-order valence-electron chi connectivity index (χ1n) is 6.12. The lowest BCUT2D eigenvalue weighted by atomic mass is 10.2. The summed E-state index contributed by atoms with van der Waals surface area (Å²) in [6, 6.07) is 0. The molecule has 0 saturated heterocycles. The van der Waals surface area contributed by atoms with E-state index in [-0.39, 0.29) is 25.4 Å². The number of rotatable bonds is 11. The first kappa shape index (κ1) is 16.9. The van der Waals surface area contributed by atoms with Crippen molar-refractivity contribution in [1.82, 2.24) is 4.90 Å². The van der Waals surface area contributed by atoms with Gasteiger partial charge in [-0.1, -0.05) is 0 Å². The van der Waals surface area contributed by atoms with Gasteiger partial charge in [0.25, 0.3) is 0 Å². The third kappa shape index (κ3) is 12.9. The van der Waals surface area contributed by atoms with E-state index in [0.717, 1.165) is 6.54 Å². The fraction of sp³-hybridized carbons (Fsp3) is 0.833. The monoisotopic (exact) mass is 261 g/mol. The second-order valence-corrected chi connectivity index (χ2v) is 4.24. The predicted octanol–water partition coefficient (Wildman–Crippen LogP) is 0.753. The van der Waals surface area contributed by atoms with Gasteiger partial charge in [0.15, 0.2) is 0 Å². The van der Waals surface area contributed by atoms with Crippen LogP contribution in [0.2, 0.25) is 0 Å². The van der Waals surface area contributed by atoms with Gasteiger partial charge < -0.3 is 19.5 Å². The summed E-state index contributed by atoms with van der Waals surface area (Å²) in [5, 5.41) is 8.41. The van der Waals surface area contributed by atoms with E-state index in [9.17, 15) is 9.59 Å². The van der Waals surface area contributed by atoms with Crippen LogP contribution in [0.3, 0.4) is 0 Å². The van der Waals surface area contributed by atoms with Crippen LogP contribution < -0.4 is 0 Å². The molecule has 0 aromatic heterocycles. The average molecular weight is 261 g/mol. The van der Waals surface area contributed by atoms with Gasteiger partial charge in [0, 0.05) is 19.4 Å². The first-order valence-corrected chi connectivity index (χ1v) is 6.12. The standard InChI is InChI=1S/C12H23NO5/c1-13(2)7-8-17-9-10-18-12(16)6-4-3-5-11(14)15/h3-10H2,1-2H3,(H,14,15). The molecule has 0 rings (SSSR count). The van der Waals surface area contributed by atoms with Gasteiger partial charge in [-0.15, -0.1) is 0 Å². The molecule has 0 unspecified atom stereocenters. The molecule has 0 atom stereocenters. The predicted molar refractivity (Wildman–Crippen MR) is 66.4 cm³/mol. The van der Waals surface area contributed by atoms with Crippen molar-refractivity contribution in [1.29, 1.82) is 0 Å². The van der Waals surface area contributed by atoms with Crippen molar-refractivity contribution >= 4 is 11.9 Å². The Bertz CT molecular complexity index is 243. The summed E-state index contributed by atoms with van der Waals surface area (Å²) < 4.78 is 10.2. The molecule has 0 aromatic rings. The highest BCUT2D eigenvalue weighted by atomic mass is 16.6. The maximum Gasteiger partial charge on any atom is 0.305 e. The van der Waals surface area contributed by atoms with E-state index in [2.05, 4.69) is 0 Å². The highest BCUT2D eigenvalue weighted by Gasteiger charge is 2.03. The van der Waals surface area contributed by atoms with E-state index >= 15 is 0 Å². The molecule has 0 amide bonds. The topological polar surface area (TPSA) is 76.1 Å². The number of likely N-dealkylation sites (N-methyl/N-ethyl adjacent to an activating group) is 1. The lowest BCUT2D eigenvalue weighted by molar-refractivity contribution is -0.145. The number of aliphatic carboxylic acids is 1. The van der Waals surface area contributed by atoms with Crippen LogP contribution in [-0.2, 0) is 19.1 Å². The van der Waals surface area contributed by atoms with Gasteiger partial charge in [-0.3, -0.25) is 9.59 Å². The zero-order valence-corrected chi connectivity index (χ0v) is 11.2. The van der Waals surface area contributed by atoms with Crippen LogP contribution in [0.4, 0.5) is 0 Å². The molecule has 0 aromatic carbocycles. The normalized spacial score (nSPS) is 10.6. The molecular formula is C12H23NO5. The number of carboxylic acids is 1. The summed E-state index contributed by atoms with van der Waals surface area (Å²) in [6.07, 6.45) is 1.42. The van der Waals surface area contributed by atoms with Crippen LogP contribution in [0, 0.1) is 0 Å². The molecule has 0 fully saturated rings. The van der Waals surface area contributed by atoms with Crippen molar-refractivity contribution in [3.8, 4) is 0 Å². The molecule has 0 radical (unpaired) electrons. The van der Waals surface area contributed by atoms with E-state index in [1.807, 2.05) is 19.0 Å². The molecule has 0 spiro atoms. The van der Waals surface area contributed by atoms with Gasteiger partial charge in [-0.05, 0) is 26.9 Å². The summed E-state index contributed by atoms with van der Waals surface area (Å²) in [5.74, 6) is -1.13. The molecule has 0 aliphatic heterocycles. The summed E-state index contributed by atoms with van der Waals surface area (Å²) in [7, 11) is 3.92. The van der Waals surface area contributed by atoms with E-state index in [1.165, 1.54) is 0 Å².